The van der Waals surface area contributed by atoms with Crippen molar-refractivity contribution in [3.63, 3.8) is 0 Å². The van der Waals surface area contributed by atoms with Crippen molar-refractivity contribution in [2.45, 2.75) is 16.7 Å². The predicted octanol–water partition coefficient (Wildman–Crippen LogP) is 1.52. The molecule has 0 unspecified atom stereocenters. The number of thioether (sulfide) groups is 1. The molecule has 162 valence electrons. The van der Waals surface area contributed by atoms with Crippen LogP contribution in [0.3, 0.4) is 0 Å². The molecule has 0 saturated heterocycles. The van der Waals surface area contributed by atoms with Gasteiger partial charge in [0.2, 0.25) is 5.16 Å². The molecule has 0 spiro atoms. The number of carbonyl (C=O) groups is 1. The van der Waals surface area contributed by atoms with E-state index >= 15 is 0 Å². The summed E-state index contributed by atoms with van der Waals surface area (Å²) in [7, 11) is -2.27. The zero-order valence-corrected chi connectivity index (χ0v) is 18.1. The summed E-state index contributed by atoms with van der Waals surface area (Å²) in [5, 5.41) is 8.41. The third-order valence-corrected chi connectivity index (χ3v) is 7.35. The topological polar surface area (TPSA) is 130 Å². The van der Waals surface area contributed by atoms with Crippen LogP contribution < -0.4 is 15.3 Å². The largest absolute Gasteiger partial charge is 0.497 e. The highest BCUT2D eigenvalue weighted by Crippen LogP contribution is 2.30. The number of nitrogen functional groups attached to an aromatic ring is 1. The Morgan fingerprint density at radius 1 is 1.10 bits per heavy atom. The highest BCUT2D eigenvalue weighted by Gasteiger charge is 2.40. The van der Waals surface area contributed by atoms with Crippen LogP contribution in [0.25, 0.3) is 0 Å². The average Bonchev–Trinajstić information content (AvgIpc) is 3.22. The lowest BCUT2D eigenvalue weighted by Gasteiger charge is -2.14. The molecule has 0 aliphatic carbocycles. The van der Waals surface area contributed by atoms with Crippen molar-refractivity contribution in [3.05, 3.63) is 59.9 Å². The van der Waals surface area contributed by atoms with Crippen molar-refractivity contribution < 1.29 is 22.7 Å². The first kappa shape index (κ1) is 21.0. The Hall–Kier alpha value is -3.25. The van der Waals surface area contributed by atoms with E-state index in [1.807, 2.05) is 0 Å². The molecule has 2 aromatic carbocycles. The number of ether oxygens (including phenoxy) is 2. The van der Waals surface area contributed by atoms with Crippen molar-refractivity contribution in [1.29, 1.82) is 0 Å². The van der Waals surface area contributed by atoms with E-state index in [9.17, 15) is 13.2 Å². The molecule has 10 nitrogen and oxygen atoms in total. The molecule has 0 atom stereocenters. The number of aromatic nitrogens is 3. The molecular weight excluding hydrogens is 442 g/mol. The van der Waals surface area contributed by atoms with Gasteiger partial charge < -0.3 is 15.3 Å². The zero-order chi connectivity index (χ0) is 22.0. The fourth-order valence-corrected chi connectivity index (χ4v) is 5.50. The Morgan fingerprint density at radius 2 is 1.87 bits per heavy atom. The maximum absolute atomic E-state index is 12.6. The highest BCUT2D eigenvalue weighted by atomic mass is 32.2. The molecule has 3 aromatic rings. The number of benzene rings is 2. The van der Waals surface area contributed by atoms with Crippen LogP contribution in [-0.2, 0) is 16.6 Å². The van der Waals surface area contributed by atoms with Gasteiger partial charge in [0.1, 0.15) is 23.0 Å². The molecule has 0 radical (unpaired) electrons. The predicted molar refractivity (Wildman–Crippen MR) is 113 cm³/mol. The quantitative estimate of drug-likeness (QED) is 0.392. The first-order valence-corrected chi connectivity index (χ1v) is 11.6. The van der Waals surface area contributed by atoms with Gasteiger partial charge in [0.25, 0.3) is 15.9 Å². The van der Waals surface area contributed by atoms with E-state index in [-0.39, 0.29) is 29.4 Å². The Labute approximate surface area is 183 Å². The van der Waals surface area contributed by atoms with Crippen molar-refractivity contribution in [2.24, 2.45) is 0 Å². The van der Waals surface area contributed by atoms with Gasteiger partial charge in [-0.05, 0) is 24.3 Å². The second-order valence-electron chi connectivity index (χ2n) is 6.46. The maximum atomic E-state index is 12.6. The van der Waals surface area contributed by atoms with Crippen molar-refractivity contribution in [2.75, 3.05) is 25.3 Å². The monoisotopic (exact) mass is 461 g/mol. The third-order valence-electron chi connectivity index (χ3n) is 4.58. The van der Waals surface area contributed by atoms with E-state index in [1.165, 1.54) is 28.6 Å². The van der Waals surface area contributed by atoms with E-state index < -0.39 is 15.9 Å². The van der Waals surface area contributed by atoms with Gasteiger partial charge in [0, 0.05) is 18.4 Å². The molecule has 0 fully saturated rings. The van der Waals surface area contributed by atoms with Gasteiger partial charge in [-0.1, -0.05) is 30.0 Å². The van der Waals surface area contributed by atoms with Crippen LogP contribution in [-0.4, -0.2) is 52.9 Å². The second-order valence-corrected chi connectivity index (χ2v) is 9.36. The Balaban J connectivity index is 1.36. The van der Waals surface area contributed by atoms with Gasteiger partial charge in [-0.2, -0.15) is 0 Å². The summed E-state index contributed by atoms with van der Waals surface area (Å²) >= 11 is 1.19. The van der Waals surface area contributed by atoms with Crippen molar-refractivity contribution >= 4 is 27.7 Å². The minimum absolute atomic E-state index is 0.0109. The van der Waals surface area contributed by atoms with Crippen LogP contribution in [0, 0.1) is 0 Å². The number of fused-ring (bicyclic) bond motifs is 1. The fraction of sp³-hybridized carbons (Fsp3) is 0.211. The Kier molecular flexibility index (Phi) is 5.74. The summed E-state index contributed by atoms with van der Waals surface area (Å²) in [5.74, 6) is 7.42. The molecule has 0 bridgehead atoms. The number of methoxy groups -OCH3 is 1. The standard InChI is InChI=1S/C19H19N5O5S2/c1-28-13-5-4-6-14(11-13)29-12-17-21-22-19(24(17)20)30-10-9-23-18(25)15-7-2-3-8-16(15)31(23,26)27/h2-8,11H,9-10,12,20H2,1H3. The molecule has 2 N–H and O–H groups in total. The van der Waals surface area contributed by atoms with Crippen molar-refractivity contribution in [3.8, 4) is 11.5 Å². The molecule has 1 aliphatic heterocycles. The normalized spacial score (nSPS) is 14.5. The molecule has 4 rings (SSSR count). The summed E-state index contributed by atoms with van der Waals surface area (Å²) in [5.41, 5.74) is 0.187. The lowest BCUT2D eigenvalue weighted by atomic mass is 10.2. The Morgan fingerprint density at radius 3 is 2.65 bits per heavy atom. The lowest BCUT2D eigenvalue weighted by molar-refractivity contribution is 0.0876. The summed E-state index contributed by atoms with van der Waals surface area (Å²) < 4.78 is 38.1. The highest BCUT2D eigenvalue weighted by molar-refractivity contribution is 7.99. The van der Waals surface area contributed by atoms with Gasteiger partial charge in [-0.25, -0.2) is 17.4 Å². The molecule has 31 heavy (non-hydrogen) atoms. The first-order valence-electron chi connectivity index (χ1n) is 9.17. The number of hydrogen-bond donors (Lipinski definition) is 1. The SMILES string of the molecule is COc1cccc(OCc2nnc(SCCN3C(=O)c4ccccc4S3(=O)=O)n2N)c1. The average molecular weight is 462 g/mol. The van der Waals surface area contributed by atoms with Crippen LogP contribution in [0.4, 0.5) is 0 Å². The summed E-state index contributed by atoms with van der Waals surface area (Å²) in [4.78, 5) is 12.5. The number of amides is 1. The van der Waals surface area contributed by atoms with E-state index in [4.69, 9.17) is 15.3 Å². The van der Waals surface area contributed by atoms with E-state index in [2.05, 4.69) is 10.2 Å². The minimum atomic E-state index is -3.83. The lowest BCUT2D eigenvalue weighted by Crippen LogP contribution is -2.32. The third kappa shape index (κ3) is 4.03. The number of nitrogens with two attached hydrogens (primary N) is 1. The first-order chi connectivity index (χ1) is 14.9. The van der Waals surface area contributed by atoms with Crippen LogP contribution in [0.2, 0.25) is 0 Å². The van der Waals surface area contributed by atoms with Crippen LogP contribution in [0.15, 0.2) is 58.6 Å². The molecule has 1 aliphatic rings. The van der Waals surface area contributed by atoms with Gasteiger partial charge in [0.15, 0.2) is 5.82 Å². The van der Waals surface area contributed by atoms with Gasteiger partial charge in [-0.3, -0.25) is 4.79 Å². The second kappa shape index (κ2) is 8.47. The van der Waals surface area contributed by atoms with Gasteiger partial charge in [0.05, 0.1) is 12.7 Å². The molecule has 0 saturated carbocycles. The molecule has 12 heteroatoms. The van der Waals surface area contributed by atoms with Crippen LogP contribution >= 0.6 is 11.8 Å². The smallest absolute Gasteiger partial charge is 0.269 e. The summed E-state index contributed by atoms with van der Waals surface area (Å²) in [6, 6.07) is 13.3. The number of hydrogen-bond acceptors (Lipinski definition) is 9. The van der Waals surface area contributed by atoms with E-state index in [0.29, 0.717) is 22.5 Å². The molecule has 1 aromatic heterocycles. The number of sulfonamides is 1. The zero-order valence-electron chi connectivity index (χ0n) is 16.5. The van der Waals surface area contributed by atoms with Crippen LogP contribution in [0.5, 0.6) is 11.5 Å². The minimum Gasteiger partial charge on any atom is -0.497 e. The number of carbonyl (C=O) groups excluding carboxylic acids is 1. The maximum Gasteiger partial charge on any atom is 0.269 e. The van der Waals surface area contributed by atoms with E-state index in [0.717, 1.165) is 4.31 Å². The summed E-state index contributed by atoms with van der Waals surface area (Å²) in [6.45, 7) is 0.0779. The Bertz CT molecular complexity index is 1230. The number of rotatable bonds is 8. The van der Waals surface area contributed by atoms with Crippen LogP contribution in [0.1, 0.15) is 16.2 Å². The number of nitrogens with zero attached hydrogens (tertiary/aromatic N) is 4. The molecule has 2 heterocycles. The van der Waals surface area contributed by atoms with Gasteiger partial charge in [-0.15, -0.1) is 10.2 Å². The summed E-state index contributed by atoms with van der Waals surface area (Å²) in [6.07, 6.45) is 0. The van der Waals surface area contributed by atoms with Gasteiger partial charge >= 0.3 is 0 Å². The molecule has 1 amide bonds. The van der Waals surface area contributed by atoms with E-state index in [1.54, 1.807) is 43.5 Å². The molecular formula is C19H19N5O5S2. The fourth-order valence-electron chi connectivity index (χ4n) is 3.01. The van der Waals surface area contributed by atoms with Crippen molar-refractivity contribution in [1.82, 2.24) is 19.2 Å².